The summed E-state index contributed by atoms with van der Waals surface area (Å²) < 4.78 is 9.26. The van der Waals surface area contributed by atoms with Crippen LogP contribution < -0.4 is 0 Å². The smallest absolute Gasteiger partial charge is 0.385 e. The van der Waals surface area contributed by atoms with Crippen molar-refractivity contribution in [3.05, 3.63) is 10.1 Å². The Labute approximate surface area is 110 Å². The molecule has 0 saturated carbocycles. The largest absolute Gasteiger partial charge is 0.466 e. The first-order valence-electron chi connectivity index (χ1n) is 5.85. The molecule has 1 unspecified atom stereocenters. The van der Waals surface area contributed by atoms with Gasteiger partial charge in [0.2, 0.25) is 0 Å². The van der Waals surface area contributed by atoms with Gasteiger partial charge < -0.3 is 14.3 Å². The summed E-state index contributed by atoms with van der Waals surface area (Å²) in [5.41, 5.74) is -2.26. The Balaban J connectivity index is 5.24. The molecule has 0 N–H and O–H groups in total. The molecule has 0 aromatic heterocycles. The Morgan fingerprint density at radius 1 is 1.26 bits per heavy atom. The predicted molar refractivity (Wildman–Crippen MR) is 62.9 cm³/mol. The number of nitro groups is 1. The van der Waals surface area contributed by atoms with Gasteiger partial charge in [-0.15, -0.1) is 0 Å². The number of carbonyl (C=O) groups is 3. The van der Waals surface area contributed by atoms with Crippen molar-refractivity contribution in [1.29, 1.82) is 0 Å². The van der Waals surface area contributed by atoms with E-state index in [1.54, 1.807) is 6.92 Å². The Hall–Kier alpha value is -1.99. The standard InChI is InChI=1S/C11H17NO7/c1-3-18-9(14)8-11(12(16)17,6-5-7-13)10(15)19-4-2/h7H,3-6,8H2,1-2H3. The number of aldehydes is 1. The first kappa shape index (κ1) is 17.0. The van der Waals surface area contributed by atoms with Gasteiger partial charge in [0.15, 0.2) is 0 Å². The van der Waals surface area contributed by atoms with E-state index in [-0.39, 0.29) is 19.6 Å². The first-order chi connectivity index (χ1) is 8.94. The Bertz CT molecular complexity index is 355. The molecule has 8 nitrogen and oxygen atoms in total. The van der Waals surface area contributed by atoms with E-state index in [4.69, 9.17) is 0 Å². The fourth-order valence-corrected chi connectivity index (χ4v) is 1.51. The van der Waals surface area contributed by atoms with E-state index >= 15 is 0 Å². The van der Waals surface area contributed by atoms with E-state index in [1.807, 2.05) is 0 Å². The minimum atomic E-state index is -2.26. The second-order valence-electron chi connectivity index (χ2n) is 3.70. The summed E-state index contributed by atoms with van der Waals surface area (Å²) in [4.78, 5) is 43.8. The topological polar surface area (TPSA) is 113 Å². The van der Waals surface area contributed by atoms with Crippen LogP contribution in [0.2, 0.25) is 0 Å². The third kappa shape index (κ3) is 4.65. The quantitative estimate of drug-likeness (QED) is 0.260. The molecular formula is C11H17NO7. The van der Waals surface area contributed by atoms with Crippen molar-refractivity contribution in [2.45, 2.75) is 38.6 Å². The highest BCUT2D eigenvalue weighted by Crippen LogP contribution is 2.24. The van der Waals surface area contributed by atoms with Gasteiger partial charge in [0, 0.05) is 17.8 Å². The first-order valence-corrected chi connectivity index (χ1v) is 5.85. The molecule has 0 aliphatic heterocycles. The zero-order valence-electron chi connectivity index (χ0n) is 10.9. The molecule has 0 fully saturated rings. The molecule has 0 radical (unpaired) electrons. The fraction of sp³-hybridized carbons (Fsp3) is 0.727. The number of rotatable bonds is 9. The number of hydrogen-bond acceptors (Lipinski definition) is 7. The third-order valence-electron chi connectivity index (χ3n) is 2.42. The average Bonchev–Trinajstić information content (AvgIpc) is 2.34. The molecule has 0 aliphatic rings. The number of ether oxygens (including phenoxy) is 2. The van der Waals surface area contributed by atoms with E-state index < -0.39 is 35.2 Å². The lowest BCUT2D eigenvalue weighted by Gasteiger charge is -2.21. The van der Waals surface area contributed by atoms with Gasteiger partial charge in [-0.1, -0.05) is 0 Å². The average molecular weight is 275 g/mol. The van der Waals surface area contributed by atoms with Gasteiger partial charge in [-0.05, 0) is 13.8 Å². The summed E-state index contributed by atoms with van der Waals surface area (Å²) in [7, 11) is 0. The maximum atomic E-state index is 11.8. The highest BCUT2D eigenvalue weighted by molar-refractivity contribution is 5.85. The van der Waals surface area contributed by atoms with Gasteiger partial charge in [-0.2, -0.15) is 0 Å². The van der Waals surface area contributed by atoms with Gasteiger partial charge in [-0.25, -0.2) is 4.79 Å². The van der Waals surface area contributed by atoms with E-state index in [0.29, 0.717) is 6.29 Å². The summed E-state index contributed by atoms with van der Waals surface area (Å²) in [5, 5.41) is 11.2. The summed E-state index contributed by atoms with van der Waals surface area (Å²) in [6.07, 6.45) is -0.927. The second-order valence-corrected chi connectivity index (χ2v) is 3.70. The van der Waals surface area contributed by atoms with Gasteiger partial charge >= 0.3 is 17.5 Å². The van der Waals surface area contributed by atoms with Crippen molar-refractivity contribution < 1.29 is 28.8 Å². The SMILES string of the molecule is CCOC(=O)CC(CCC=O)(C(=O)OCC)[N+](=O)[O-]. The normalized spacial score (nSPS) is 13.2. The van der Waals surface area contributed by atoms with Crippen molar-refractivity contribution in [1.82, 2.24) is 0 Å². The minimum absolute atomic E-state index is 0.0448. The van der Waals surface area contributed by atoms with Crippen molar-refractivity contribution in [2.75, 3.05) is 13.2 Å². The van der Waals surface area contributed by atoms with Gasteiger partial charge in [0.25, 0.3) is 0 Å². The number of carbonyl (C=O) groups excluding carboxylic acids is 3. The third-order valence-corrected chi connectivity index (χ3v) is 2.42. The van der Waals surface area contributed by atoms with Crippen LogP contribution in [0, 0.1) is 10.1 Å². The summed E-state index contributed by atoms with van der Waals surface area (Å²) in [5.74, 6) is -2.01. The van der Waals surface area contributed by atoms with Crippen LogP contribution in [0.1, 0.15) is 33.1 Å². The Morgan fingerprint density at radius 2 is 1.84 bits per heavy atom. The van der Waals surface area contributed by atoms with E-state index in [9.17, 15) is 24.5 Å². The molecule has 0 rings (SSSR count). The van der Waals surface area contributed by atoms with E-state index in [1.165, 1.54) is 6.92 Å². The van der Waals surface area contributed by atoms with Crippen LogP contribution in [0.25, 0.3) is 0 Å². The molecular weight excluding hydrogens is 258 g/mol. The fourth-order valence-electron chi connectivity index (χ4n) is 1.51. The number of esters is 2. The Kier molecular flexibility index (Phi) is 7.32. The summed E-state index contributed by atoms with van der Waals surface area (Å²) in [6.45, 7) is 3.02. The van der Waals surface area contributed by atoms with Crippen molar-refractivity contribution in [2.24, 2.45) is 0 Å². The molecule has 0 aromatic rings. The van der Waals surface area contributed by atoms with Crippen LogP contribution in [0.5, 0.6) is 0 Å². The number of hydrogen-bond donors (Lipinski definition) is 0. The van der Waals surface area contributed by atoms with Crippen molar-refractivity contribution in [3.63, 3.8) is 0 Å². The zero-order chi connectivity index (χ0) is 14.9. The van der Waals surface area contributed by atoms with Crippen molar-refractivity contribution >= 4 is 18.2 Å². The van der Waals surface area contributed by atoms with Gasteiger partial charge in [0.05, 0.1) is 13.2 Å². The zero-order valence-corrected chi connectivity index (χ0v) is 10.9. The summed E-state index contributed by atoms with van der Waals surface area (Å²) in [6, 6.07) is 0. The van der Waals surface area contributed by atoms with Crippen LogP contribution in [0.15, 0.2) is 0 Å². The Morgan fingerprint density at radius 3 is 2.26 bits per heavy atom. The van der Waals surface area contributed by atoms with Crippen LogP contribution in [0.3, 0.4) is 0 Å². The predicted octanol–water partition coefficient (Wildman–Crippen LogP) is 0.497. The molecule has 0 amide bonds. The maximum absolute atomic E-state index is 11.8. The van der Waals surface area contributed by atoms with Crippen LogP contribution in [-0.4, -0.2) is 41.9 Å². The monoisotopic (exact) mass is 275 g/mol. The van der Waals surface area contributed by atoms with Gasteiger partial charge in [0.1, 0.15) is 12.7 Å². The second kappa shape index (κ2) is 8.17. The molecule has 8 heteroatoms. The molecule has 0 spiro atoms. The maximum Gasteiger partial charge on any atom is 0.385 e. The molecule has 0 aliphatic carbocycles. The van der Waals surface area contributed by atoms with Gasteiger partial charge in [-0.3, -0.25) is 14.9 Å². The summed E-state index contributed by atoms with van der Waals surface area (Å²) >= 11 is 0. The lowest BCUT2D eigenvalue weighted by Crippen LogP contribution is -2.49. The lowest BCUT2D eigenvalue weighted by atomic mass is 9.90. The molecule has 0 saturated heterocycles. The lowest BCUT2D eigenvalue weighted by molar-refractivity contribution is -0.555. The van der Waals surface area contributed by atoms with E-state index in [2.05, 4.69) is 9.47 Å². The van der Waals surface area contributed by atoms with Crippen LogP contribution in [-0.2, 0) is 23.9 Å². The molecule has 108 valence electrons. The van der Waals surface area contributed by atoms with E-state index in [0.717, 1.165) is 0 Å². The molecule has 1 atom stereocenters. The van der Waals surface area contributed by atoms with Crippen LogP contribution >= 0.6 is 0 Å². The van der Waals surface area contributed by atoms with Crippen molar-refractivity contribution in [3.8, 4) is 0 Å². The highest BCUT2D eigenvalue weighted by atomic mass is 16.6. The molecule has 0 heterocycles. The highest BCUT2D eigenvalue weighted by Gasteiger charge is 2.54. The molecule has 0 aromatic carbocycles. The number of nitrogens with zero attached hydrogens (tertiary/aromatic N) is 1. The van der Waals surface area contributed by atoms with Crippen LogP contribution in [0.4, 0.5) is 0 Å². The minimum Gasteiger partial charge on any atom is -0.466 e. The molecule has 0 bridgehead atoms. The molecule has 19 heavy (non-hydrogen) atoms.